The van der Waals surface area contributed by atoms with Crippen molar-refractivity contribution >= 4 is 24.0 Å². The molecule has 1 heterocycles. The molecule has 7 heteroatoms. The highest BCUT2D eigenvalue weighted by Crippen LogP contribution is 2.28. The predicted molar refractivity (Wildman–Crippen MR) is 103 cm³/mol. The van der Waals surface area contributed by atoms with Gasteiger partial charge >= 0.3 is 0 Å². The van der Waals surface area contributed by atoms with Crippen LogP contribution in [0, 0.1) is 4.77 Å². The summed E-state index contributed by atoms with van der Waals surface area (Å²) in [6.45, 7) is 0. The molecule has 0 saturated heterocycles. The van der Waals surface area contributed by atoms with Crippen LogP contribution in [0.2, 0.25) is 0 Å². The lowest BCUT2D eigenvalue weighted by atomic mass is 10.1. The Morgan fingerprint density at radius 3 is 2.64 bits per heavy atom. The van der Waals surface area contributed by atoms with Gasteiger partial charge in [0.2, 0.25) is 0 Å². The second kappa shape index (κ2) is 7.76. The van der Waals surface area contributed by atoms with E-state index in [0.29, 0.717) is 22.7 Å². The molecule has 0 unspecified atom stereocenters. The number of nitrogens with zero attached hydrogens (tertiary/aromatic N) is 2. The number of thioether (sulfide) groups is 1. The Morgan fingerprint density at radius 1 is 1.12 bits per heavy atom. The number of nitrogens with one attached hydrogen (secondary N) is 1. The highest BCUT2D eigenvalue weighted by Gasteiger charge is 2.12. The Bertz CT molecular complexity index is 934. The smallest absolute Gasteiger partial charge is 0.199 e. The summed E-state index contributed by atoms with van der Waals surface area (Å²) in [5, 5.41) is 7.31. The zero-order valence-electron chi connectivity index (χ0n) is 14.3. The molecule has 1 aromatic heterocycles. The van der Waals surface area contributed by atoms with Crippen LogP contribution in [0.3, 0.4) is 0 Å². The monoisotopic (exact) mass is 373 g/mol. The lowest BCUT2D eigenvalue weighted by molar-refractivity contribution is 0.354. The molecule has 0 spiro atoms. The van der Waals surface area contributed by atoms with Crippen molar-refractivity contribution in [1.29, 1.82) is 0 Å². The van der Waals surface area contributed by atoms with Gasteiger partial charge in [0.25, 0.3) is 0 Å². The molecule has 5 nitrogen and oxygen atoms in total. The summed E-state index contributed by atoms with van der Waals surface area (Å²) in [5.74, 6) is 2.25. The Labute approximate surface area is 156 Å². The first-order valence-corrected chi connectivity index (χ1v) is 9.31. The molecular weight excluding hydrogens is 354 g/mol. The number of aromatic nitrogens is 3. The maximum Gasteiger partial charge on any atom is 0.199 e. The molecule has 0 aliphatic heterocycles. The maximum atomic E-state index is 5.43. The third-order valence-electron chi connectivity index (χ3n) is 3.86. The van der Waals surface area contributed by atoms with Crippen LogP contribution >= 0.6 is 24.0 Å². The second-order valence-corrected chi connectivity index (χ2v) is 6.61. The molecule has 3 rings (SSSR count). The average Bonchev–Trinajstić information content (AvgIpc) is 3.01. The van der Waals surface area contributed by atoms with Crippen molar-refractivity contribution in [2.45, 2.75) is 11.3 Å². The molecule has 1 N–H and O–H groups in total. The third-order valence-corrected chi connectivity index (χ3v) is 4.86. The number of hydrogen-bond acceptors (Lipinski definition) is 5. The predicted octanol–water partition coefficient (Wildman–Crippen LogP) is 4.26. The van der Waals surface area contributed by atoms with Gasteiger partial charge in [-0.15, -0.1) is 11.8 Å². The first kappa shape index (κ1) is 17.6. The van der Waals surface area contributed by atoms with E-state index in [9.17, 15) is 0 Å². The minimum atomic E-state index is 0.578. The number of H-pyrrole nitrogens is 1. The van der Waals surface area contributed by atoms with E-state index in [0.717, 1.165) is 17.1 Å². The Morgan fingerprint density at radius 2 is 1.92 bits per heavy atom. The third kappa shape index (κ3) is 3.72. The standard InChI is InChI=1S/C18H19N3O2S2/c1-22-15-8-7-12(9-16(15)23-2)10-17-19-20-18(24)21(17)13-5-4-6-14(11-13)25-3/h4-9,11H,10H2,1-3H3,(H,20,24). The van der Waals surface area contributed by atoms with E-state index in [1.54, 1.807) is 26.0 Å². The quantitative estimate of drug-likeness (QED) is 0.517. The van der Waals surface area contributed by atoms with E-state index < -0.39 is 0 Å². The lowest BCUT2D eigenvalue weighted by Crippen LogP contribution is -2.03. The van der Waals surface area contributed by atoms with Gasteiger partial charge in [0.15, 0.2) is 16.3 Å². The van der Waals surface area contributed by atoms with E-state index >= 15 is 0 Å². The van der Waals surface area contributed by atoms with Gasteiger partial charge in [-0.25, -0.2) is 0 Å². The summed E-state index contributed by atoms with van der Waals surface area (Å²) in [6.07, 6.45) is 2.68. The van der Waals surface area contributed by atoms with Crippen LogP contribution in [0.5, 0.6) is 11.5 Å². The van der Waals surface area contributed by atoms with Gasteiger partial charge in [0.1, 0.15) is 5.82 Å². The molecule has 3 aromatic rings. The summed E-state index contributed by atoms with van der Waals surface area (Å²) >= 11 is 7.13. The van der Waals surface area contributed by atoms with Crippen LogP contribution in [0.25, 0.3) is 5.69 Å². The number of aromatic amines is 1. The molecular formula is C18H19N3O2S2. The molecule has 0 bridgehead atoms. The van der Waals surface area contributed by atoms with Crippen LogP contribution < -0.4 is 9.47 Å². The van der Waals surface area contributed by atoms with E-state index in [4.69, 9.17) is 21.7 Å². The topological polar surface area (TPSA) is 52.1 Å². The fourth-order valence-electron chi connectivity index (χ4n) is 2.64. The van der Waals surface area contributed by atoms with Crippen molar-refractivity contribution in [3.05, 3.63) is 58.6 Å². The van der Waals surface area contributed by atoms with Gasteiger partial charge < -0.3 is 9.47 Å². The van der Waals surface area contributed by atoms with Crippen molar-refractivity contribution in [2.75, 3.05) is 20.5 Å². The van der Waals surface area contributed by atoms with E-state index in [1.165, 1.54) is 4.90 Å². The van der Waals surface area contributed by atoms with Crippen molar-refractivity contribution in [2.24, 2.45) is 0 Å². The van der Waals surface area contributed by atoms with E-state index in [1.807, 2.05) is 34.9 Å². The Hall–Kier alpha value is -2.25. The number of rotatable bonds is 6. The van der Waals surface area contributed by atoms with E-state index in [-0.39, 0.29) is 0 Å². The van der Waals surface area contributed by atoms with Crippen molar-refractivity contribution < 1.29 is 9.47 Å². The average molecular weight is 374 g/mol. The van der Waals surface area contributed by atoms with E-state index in [2.05, 4.69) is 28.6 Å². The summed E-state index contributed by atoms with van der Waals surface area (Å²) in [6, 6.07) is 14.1. The first-order valence-electron chi connectivity index (χ1n) is 7.68. The van der Waals surface area contributed by atoms with Crippen molar-refractivity contribution in [3.63, 3.8) is 0 Å². The zero-order valence-corrected chi connectivity index (χ0v) is 15.9. The molecule has 0 aliphatic carbocycles. The summed E-state index contributed by atoms with van der Waals surface area (Å²) in [5.41, 5.74) is 2.06. The number of methoxy groups -OCH3 is 2. The Kier molecular flexibility index (Phi) is 5.45. The summed E-state index contributed by atoms with van der Waals surface area (Å²) in [4.78, 5) is 1.18. The van der Waals surface area contributed by atoms with Crippen LogP contribution in [-0.4, -0.2) is 35.2 Å². The number of hydrogen-bond donors (Lipinski definition) is 1. The molecule has 2 aromatic carbocycles. The van der Waals surface area contributed by atoms with Gasteiger partial charge in [0, 0.05) is 11.3 Å². The minimum Gasteiger partial charge on any atom is -0.493 e. The summed E-state index contributed by atoms with van der Waals surface area (Å²) < 4.78 is 13.2. The lowest BCUT2D eigenvalue weighted by Gasteiger charge is -2.11. The molecule has 25 heavy (non-hydrogen) atoms. The minimum absolute atomic E-state index is 0.578. The molecule has 0 saturated carbocycles. The SMILES string of the molecule is COc1ccc(Cc2n[nH]c(=S)n2-c2cccc(SC)c2)cc1OC. The first-order chi connectivity index (χ1) is 12.2. The number of ether oxygens (including phenoxy) is 2. The summed E-state index contributed by atoms with van der Waals surface area (Å²) in [7, 11) is 3.26. The maximum absolute atomic E-state index is 5.43. The largest absolute Gasteiger partial charge is 0.493 e. The van der Waals surface area contributed by atoms with Gasteiger partial charge in [-0.2, -0.15) is 5.10 Å². The van der Waals surface area contributed by atoms with Gasteiger partial charge in [-0.3, -0.25) is 9.67 Å². The molecule has 130 valence electrons. The van der Waals surface area contributed by atoms with Crippen molar-refractivity contribution in [1.82, 2.24) is 14.8 Å². The molecule has 0 atom stereocenters. The zero-order chi connectivity index (χ0) is 17.8. The molecule has 0 radical (unpaired) electrons. The van der Waals surface area contributed by atoms with Crippen LogP contribution in [0.4, 0.5) is 0 Å². The van der Waals surface area contributed by atoms with Gasteiger partial charge in [-0.05, 0) is 54.4 Å². The highest BCUT2D eigenvalue weighted by molar-refractivity contribution is 7.98. The fourth-order valence-corrected chi connectivity index (χ4v) is 3.35. The Balaban J connectivity index is 1.98. The van der Waals surface area contributed by atoms with Crippen LogP contribution in [0.15, 0.2) is 47.4 Å². The second-order valence-electron chi connectivity index (χ2n) is 5.35. The molecule has 0 amide bonds. The highest BCUT2D eigenvalue weighted by atomic mass is 32.2. The normalized spacial score (nSPS) is 10.7. The molecule has 0 fully saturated rings. The van der Waals surface area contributed by atoms with Crippen LogP contribution in [0.1, 0.15) is 11.4 Å². The molecule has 0 aliphatic rings. The van der Waals surface area contributed by atoms with Crippen LogP contribution in [-0.2, 0) is 6.42 Å². The van der Waals surface area contributed by atoms with Crippen molar-refractivity contribution in [3.8, 4) is 17.2 Å². The fraction of sp³-hybridized carbons (Fsp3) is 0.222. The van der Waals surface area contributed by atoms with Gasteiger partial charge in [-0.1, -0.05) is 12.1 Å². The number of benzene rings is 2. The van der Waals surface area contributed by atoms with Gasteiger partial charge in [0.05, 0.1) is 19.9 Å².